The van der Waals surface area contributed by atoms with Crippen LogP contribution in [-0.4, -0.2) is 53.4 Å². The molecule has 0 spiro atoms. The van der Waals surface area contributed by atoms with Gasteiger partial charge in [0.1, 0.15) is 5.75 Å². The Morgan fingerprint density at radius 3 is 2.76 bits per heavy atom. The van der Waals surface area contributed by atoms with E-state index in [0.29, 0.717) is 30.7 Å². The maximum Gasteiger partial charge on any atom is 0.302 e. The van der Waals surface area contributed by atoms with Crippen molar-refractivity contribution in [3.05, 3.63) is 52.5 Å². The lowest BCUT2D eigenvalue weighted by Crippen LogP contribution is -2.37. The van der Waals surface area contributed by atoms with Crippen molar-refractivity contribution < 1.29 is 19.4 Å². The smallest absolute Gasteiger partial charge is 0.302 e. The number of nitrogens with zero attached hydrogens (tertiary/aromatic N) is 4. The molecule has 3 aromatic rings. The molecule has 9 heteroatoms. The van der Waals surface area contributed by atoms with Gasteiger partial charge in [0.15, 0.2) is 12.3 Å². The van der Waals surface area contributed by atoms with E-state index in [1.54, 1.807) is 4.57 Å². The van der Waals surface area contributed by atoms with Gasteiger partial charge in [-0.1, -0.05) is 36.7 Å². The zero-order chi connectivity index (χ0) is 23.4. The van der Waals surface area contributed by atoms with Gasteiger partial charge in [-0.25, -0.2) is 0 Å². The number of ether oxygens (including phenoxy) is 2. The molecule has 0 bridgehead atoms. The first-order chi connectivity index (χ1) is 16.0. The Morgan fingerprint density at radius 1 is 1.24 bits per heavy atom. The highest BCUT2D eigenvalue weighted by Gasteiger charge is 2.20. The second kappa shape index (κ2) is 10.3. The van der Waals surface area contributed by atoms with Crippen LogP contribution in [0.3, 0.4) is 0 Å². The summed E-state index contributed by atoms with van der Waals surface area (Å²) in [6.45, 7) is 6.99. The number of aromatic nitrogens is 1. The number of carbonyl (C=O) groups excluding carboxylic acids is 1. The van der Waals surface area contributed by atoms with Gasteiger partial charge in [-0.3, -0.25) is 14.3 Å². The lowest BCUT2D eigenvalue weighted by atomic mass is 10.1. The normalized spacial score (nSPS) is 14.9. The first-order valence-corrected chi connectivity index (χ1v) is 11.3. The first-order valence-electron chi connectivity index (χ1n) is 10.9. The minimum atomic E-state index is -0.547. The molecule has 1 aromatic heterocycles. The van der Waals surface area contributed by atoms with E-state index < -0.39 is 5.91 Å². The van der Waals surface area contributed by atoms with Crippen molar-refractivity contribution in [2.45, 2.75) is 26.9 Å². The quantitative estimate of drug-likeness (QED) is 0.498. The topological polar surface area (TPSA) is 88.7 Å². The van der Waals surface area contributed by atoms with Gasteiger partial charge >= 0.3 is 5.91 Å². The molecule has 8 nitrogen and oxygen atoms in total. The van der Waals surface area contributed by atoms with E-state index in [-0.39, 0.29) is 18.2 Å². The molecule has 174 valence electrons. The molecule has 0 unspecified atom stereocenters. The number of aryl methyl sites for hydroxylation is 2. The third-order valence-electron chi connectivity index (χ3n) is 5.70. The molecule has 33 heavy (non-hydrogen) atoms. The van der Waals surface area contributed by atoms with Crippen molar-refractivity contribution in [2.75, 3.05) is 32.9 Å². The van der Waals surface area contributed by atoms with Crippen molar-refractivity contribution in [2.24, 2.45) is 10.2 Å². The Hall–Kier alpha value is -2.94. The average molecular weight is 471 g/mol. The van der Waals surface area contributed by atoms with Crippen molar-refractivity contribution >= 4 is 34.1 Å². The summed E-state index contributed by atoms with van der Waals surface area (Å²) < 4.78 is 12.9. The Balaban J connectivity index is 1.51. The number of amides is 1. The Kier molecular flexibility index (Phi) is 7.27. The summed E-state index contributed by atoms with van der Waals surface area (Å²) in [6.07, 6.45) is 0.724. The molecule has 1 saturated heterocycles. The highest BCUT2D eigenvalue weighted by Crippen LogP contribution is 2.39. The van der Waals surface area contributed by atoms with Gasteiger partial charge < -0.3 is 14.6 Å². The van der Waals surface area contributed by atoms with E-state index in [2.05, 4.69) is 15.1 Å². The summed E-state index contributed by atoms with van der Waals surface area (Å²) in [6, 6.07) is 11.2. The van der Waals surface area contributed by atoms with Crippen LogP contribution in [-0.2, 0) is 22.6 Å². The monoisotopic (exact) mass is 470 g/mol. The number of benzene rings is 2. The fourth-order valence-corrected chi connectivity index (χ4v) is 4.02. The fourth-order valence-electron chi connectivity index (χ4n) is 3.84. The van der Waals surface area contributed by atoms with Crippen LogP contribution in [0.2, 0.25) is 5.02 Å². The molecule has 0 radical (unpaired) electrons. The predicted octanol–water partition coefficient (Wildman–Crippen LogP) is 4.85. The number of fused-ring (bicyclic) bond motifs is 1. The van der Waals surface area contributed by atoms with Gasteiger partial charge in [-0.2, -0.15) is 0 Å². The number of rotatable bonds is 7. The number of morpholine rings is 1. The number of carbonyl (C=O) groups is 1. The lowest BCUT2D eigenvalue weighted by Gasteiger charge is -2.27. The Bertz CT molecular complexity index is 1180. The van der Waals surface area contributed by atoms with Gasteiger partial charge in [0.05, 0.1) is 25.4 Å². The van der Waals surface area contributed by atoms with E-state index >= 15 is 0 Å². The molecular formula is C24H27ClN4O4. The van der Waals surface area contributed by atoms with Crippen LogP contribution in [0.5, 0.6) is 11.6 Å². The summed E-state index contributed by atoms with van der Waals surface area (Å²) >= 11 is 6.18. The zero-order valence-electron chi connectivity index (χ0n) is 18.8. The molecule has 1 aliphatic heterocycles. The van der Waals surface area contributed by atoms with Gasteiger partial charge in [0.2, 0.25) is 5.88 Å². The van der Waals surface area contributed by atoms with Crippen LogP contribution >= 0.6 is 11.6 Å². The molecule has 4 rings (SSSR count). The zero-order valence-corrected chi connectivity index (χ0v) is 19.5. The van der Waals surface area contributed by atoms with Crippen LogP contribution in [0.25, 0.3) is 10.9 Å². The van der Waals surface area contributed by atoms with Crippen LogP contribution in [0.4, 0.5) is 5.69 Å². The molecule has 1 aliphatic rings. The van der Waals surface area contributed by atoms with Crippen LogP contribution in [0.15, 0.2) is 46.6 Å². The van der Waals surface area contributed by atoms with Crippen molar-refractivity contribution in [1.82, 2.24) is 9.47 Å². The minimum Gasteiger partial charge on any atom is -0.493 e. The third-order valence-corrected chi connectivity index (χ3v) is 6.11. The number of para-hydroxylation sites is 1. The minimum absolute atomic E-state index is 0.0262. The number of azo groups is 1. The van der Waals surface area contributed by atoms with Crippen LogP contribution < -0.4 is 4.74 Å². The van der Waals surface area contributed by atoms with Gasteiger partial charge in [0, 0.05) is 23.5 Å². The number of halogens is 1. The van der Waals surface area contributed by atoms with E-state index in [9.17, 15) is 9.90 Å². The Labute approximate surface area is 197 Å². The van der Waals surface area contributed by atoms with Gasteiger partial charge in [-0.15, -0.1) is 10.2 Å². The molecular weight excluding hydrogens is 444 g/mol. The summed E-state index contributed by atoms with van der Waals surface area (Å²) in [4.78, 5) is 14.6. The molecule has 2 heterocycles. The van der Waals surface area contributed by atoms with Crippen LogP contribution in [0.1, 0.15) is 18.1 Å². The summed E-state index contributed by atoms with van der Waals surface area (Å²) in [5.41, 5.74) is 2.88. The molecule has 0 aliphatic carbocycles. The molecule has 2 aromatic carbocycles. The van der Waals surface area contributed by atoms with Crippen molar-refractivity contribution in [3.8, 4) is 11.6 Å². The Morgan fingerprint density at radius 2 is 2.00 bits per heavy atom. The second-order valence-electron chi connectivity index (χ2n) is 7.93. The van der Waals surface area contributed by atoms with Crippen molar-refractivity contribution in [1.29, 1.82) is 0 Å². The maximum absolute atomic E-state index is 12.4. The number of hydrogen-bond acceptors (Lipinski definition) is 6. The average Bonchev–Trinajstić information content (AvgIpc) is 3.09. The standard InChI is InChI=1S/C24H27ClN4O4/c1-3-17-13-19(25)16(2)12-21(17)33-14-22(30)26-27-23-18-6-4-5-7-20(18)29(24(23)31)15-28-8-10-32-11-9-28/h4-7,12-13,31H,3,8-11,14-15H2,1-2H3. The number of hydrogen-bond donors (Lipinski definition) is 1. The maximum atomic E-state index is 12.4. The summed E-state index contributed by atoms with van der Waals surface area (Å²) in [5.74, 6) is 0.0312. The van der Waals surface area contributed by atoms with E-state index in [1.807, 2.05) is 50.2 Å². The molecule has 1 fully saturated rings. The van der Waals surface area contributed by atoms with Crippen molar-refractivity contribution in [3.63, 3.8) is 0 Å². The highest BCUT2D eigenvalue weighted by atomic mass is 35.5. The SMILES string of the molecule is CCc1cc(Cl)c(C)cc1OCC(=O)N=Nc1c(O)n(CN2CCOCC2)c2ccccc12. The van der Waals surface area contributed by atoms with Gasteiger partial charge in [0.25, 0.3) is 0 Å². The highest BCUT2D eigenvalue weighted by molar-refractivity contribution is 6.31. The predicted molar refractivity (Wildman–Crippen MR) is 127 cm³/mol. The van der Waals surface area contributed by atoms with Crippen LogP contribution in [0, 0.1) is 6.92 Å². The fraction of sp³-hybridized carbons (Fsp3) is 0.375. The lowest BCUT2D eigenvalue weighted by molar-refractivity contribution is -0.120. The van der Waals surface area contributed by atoms with E-state index in [0.717, 1.165) is 41.5 Å². The van der Waals surface area contributed by atoms with Gasteiger partial charge in [-0.05, 0) is 42.7 Å². The molecule has 0 atom stereocenters. The third kappa shape index (κ3) is 5.19. The summed E-state index contributed by atoms with van der Waals surface area (Å²) in [5, 5.41) is 20.2. The first kappa shape index (κ1) is 23.2. The molecule has 0 saturated carbocycles. The second-order valence-corrected chi connectivity index (χ2v) is 8.34. The molecule has 1 N–H and O–H groups in total. The summed E-state index contributed by atoms with van der Waals surface area (Å²) in [7, 11) is 0. The van der Waals surface area contributed by atoms with E-state index in [1.165, 1.54) is 0 Å². The molecule has 1 amide bonds. The number of aromatic hydroxyl groups is 1. The largest absolute Gasteiger partial charge is 0.493 e. The van der Waals surface area contributed by atoms with E-state index in [4.69, 9.17) is 21.1 Å².